The lowest BCUT2D eigenvalue weighted by atomic mass is 10.1. The van der Waals surface area contributed by atoms with E-state index < -0.39 is 0 Å². The number of nitrogens with zero attached hydrogens (tertiary/aromatic N) is 3. The average molecular weight is 505 g/mol. The Morgan fingerprint density at radius 2 is 1.97 bits per heavy atom. The van der Waals surface area contributed by atoms with E-state index in [9.17, 15) is 0 Å². The van der Waals surface area contributed by atoms with Crippen molar-refractivity contribution in [2.75, 3.05) is 20.7 Å². The second-order valence-corrected chi connectivity index (χ2v) is 6.53. The second kappa shape index (κ2) is 11.5. The van der Waals surface area contributed by atoms with Gasteiger partial charge in [-0.2, -0.15) is 5.10 Å². The third-order valence-electron chi connectivity index (χ3n) is 4.54. The van der Waals surface area contributed by atoms with Gasteiger partial charge in [0.1, 0.15) is 5.75 Å². The number of hydrogen-bond donors (Lipinski definition) is 2. The number of halogens is 1. The van der Waals surface area contributed by atoms with E-state index >= 15 is 0 Å². The SMILES string of the molecule is CN=C(NCCc1ccc(C)c(OC)c1)NCc1cccc(-n2cccn2)c1.I. The number of aliphatic imine (C=N–C) groups is 1. The van der Waals surface area contributed by atoms with Gasteiger partial charge in [-0.05, 0) is 54.3 Å². The summed E-state index contributed by atoms with van der Waals surface area (Å²) < 4.78 is 7.25. The largest absolute Gasteiger partial charge is 0.496 e. The first kappa shape index (κ1) is 22.7. The van der Waals surface area contributed by atoms with Crippen molar-refractivity contribution in [1.29, 1.82) is 0 Å². The van der Waals surface area contributed by atoms with E-state index in [2.05, 4.69) is 51.1 Å². The molecule has 3 rings (SSSR count). The van der Waals surface area contributed by atoms with Crippen LogP contribution >= 0.6 is 24.0 Å². The molecule has 1 aromatic heterocycles. The maximum absolute atomic E-state index is 5.40. The summed E-state index contributed by atoms with van der Waals surface area (Å²) in [5.41, 5.74) is 4.59. The van der Waals surface area contributed by atoms with Crippen molar-refractivity contribution in [3.05, 3.63) is 77.6 Å². The van der Waals surface area contributed by atoms with Crippen LogP contribution in [-0.4, -0.2) is 36.4 Å². The quantitative estimate of drug-likeness (QED) is 0.292. The summed E-state index contributed by atoms with van der Waals surface area (Å²) in [6, 6.07) is 16.5. The lowest BCUT2D eigenvalue weighted by Gasteiger charge is -2.13. The molecule has 0 saturated carbocycles. The molecule has 0 aliphatic heterocycles. The molecule has 7 heteroatoms. The van der Waals surface area contributed by atoms with E-state index in [4.69, 9.17) is 4.74 Å². The van der Waals surface area contributed by atoms with Crippen LogP contribution in [0.15, 0.2) is 65.9 Å². The lowest BCUT2D eigenvalue weighted by Crippen LogP contribution is -2.37. The minimum Gasteiger partial charge on any atom is -0.496 e. The van der Waals surface area contributed by atoms with Gasteiger partial charge in [0.25, 0.3) is 0 Å². The van der Waals surface area contributed by atoms with Crippen LogP contribution < -0.4 is 15.4 Å². The molecule has 2 aromatic carbocycles. The predicted molar refractivity (Wildman–Crippen MR) is 129 cm³/mol. The molecule has 154 valence electrons. The maximum atomic E-state index is 5.40. The average Bonchev–Trinajstić information content (AvgIpc) is 3.27. The zero-order chi connectivity index (χ0) is 19.8. The van der Waals surface area contributed by atoms with Gasteiger partial charge < -0.3 is 15.4 Å². The molecule has 0 fully saturated rings. The highest BCUT2D eigenvalue weighted by molar-refractivity contribution is 14.0. The monoisotopic (exact) mass is 505 g/mol. The highest BCUT2D eigenvalue weighted by atomic mass is 127. The summed E-state index contributed by atoms with van der Waals surface area (Å²) in [5.74, 6) is 1.71. The van der Waals surface area contributed by atoms with E-state index in [0.717, 1.165) is 35.9 Å². The smallest absolute Gasteiger partial charge is 0.191 e. The van der Waals surface area contributed by atoms with Crippen molar-refractivity contribution >= 4 is 29.9 Å². The van der Waals surface area contributed by atoms with Crippen LogP contribution in [0.5, 0.6) is 5.75 Å². The molecule has 0 amide bonds. The van der Waals surface area contributed by atoms with Crippen molar-refractivity contribution in [3.63, 3.8) is 0 Å². The van der Waals surface area contributed by atoms with Crippen LogP contribution in [0.1, 0.15) is 16.7 Å². The Bertz CT molecular complexity index is 925. The summed E-state index contributed by atoms with van der Waals surface area (Å²) in [6.45, 7) is 3.53. The van der Waals surface area contributed by atoms with Crippen LogP contribution in [-0.2, 0) is 13.0 Å². The fourth-order valence-electron chi connectivity index (χ4n) is 2.98. The second-order valence-electron chi connectivity index (χ2n) is 6.53. The first-order valence-electron chi connectivity index (χ1n) is 9.36. The molecular formula is C22H28IN5O. The molecule has 0 bridgehead atoms. The van der Waals surface area contributed by atoms with Crippen LogP contribution in [0.3, 0.4) is 0 Å². The number of guanidine groups is 1. The first-order valence-corrected chi connectivity index (χ1v) is 9.36. The molecule has 1 heterocycles. The lowest BCUT2D eigenvalue weighted by molar-refractivity contribution is 0.411. The van der Waals surface area contributed by atoms with E-state index in [0.29, 0.717) is 6.54 Å². The van der Waals surface area contributed by atoms with Gasteiger partial charge in [-0.3, -0.25) is 4.99 Å². The number of nitrogens with one attached hydrogen (secondary N) is 2. The van der Waals surface area contributed by atoms with Crippen molar-refractivity contribution in [2.45, 2.75) is 19.9 Å². The van der Waals surface area contributed by atoms with Crippen LogP contribution in [0.2, 0.25) is 0 Å². The van der Waals surface area contributed by atoms with Crippen molar-refractivity contribution < 1.29 is 4.74 Å². The van der Waals surface area contributed by atoms with Crippen LogP contribution in [0, 0.1) is 6.92 Å². The standard InChI is InChI=1S/C22H27N5O.HI/c1-17-8-9-18(15-21(17)28-3)10-12-24-22(23-2)25-16-19-6-4-7-20(14-19)27-13-5-11-26-27;/h4-9,11,13-15H,10,12,16H2,1-3H3,(H2,23,24,25);1H. The van der Waals surface area contributed by atoms with Crippen molar-refractivity contribution in [3.8, 4) is 11.4 Å². The summed E-state index contributed by atoms with van der Waals surface area (Å²) >= 11 is 0. The molecule has 0 saturated heterocycles. The Labute approximate surface area is 189 Å². The number of rotatable bonds is 7. The number of aryl methyl sites for hydroxylation is 1. The number of ether oxygens (including phenoxy) is 1. The van der Waals surface area contributed by atoms with E-state index in [-0.39, 0.29) is 24.0 Å². The summed E-state index contributed by atoms with van der Waals surface area (Å²) in [6.07, 6.45) is 4.61. The van der Waals surface area contributed by atoms with E-state index in [1.165, 1.54) is 11.1 Å². The van der Waals surface area contributed by atoms with E-state index in [1.807, 2.05) is 36.0 Å². The van der Waals surface area contributed by atoms with Gasteiger partial charge in [-0.15, -0.1) is 24.0 Å². The molecule has 3 aromatic rings. The van der Waals surface area contributed by atoms with Crippen LogP contribution in [0.25, 0.3) is 5.69 Å². The molecule has 0 unspecified atom stereocenters. The molecular weight excluding hydrogens is 477 g/mol. The number of methoxy groups -OCH3 is 1. The number of benzene rings is 2. The Balaban J connectivity index is 0.00000300. The molecule has 29 heavy (non-hydrogen) atoms. The Morgan fingerprint density at radius 3 is 2.69 bits per heavy atom. The molecule has 0 atom stereocenters. The van der Waals surface area contributed by atoms with Gasteiger partial charge in [-0.1, -0.05) is 24.3 Å². The summed E-state index contributed by atoms with van der Waals surface area (Å²) in [7, 11) is 3.49. The highest BCUT2D eigenvalue weighted by Gasteiger charge is 2.03. The number of hydrogen-bond acceptors (Lipinski definition) is 3. The zero-order valence-corrected chi connectivity index (χ0v) is 19.4. The third kappa shape index (κ3) is 6.49. The molecule has 0 radical (unpaired) electrons. The summed E-state index contributed by atoms with van der Waals surface area (Å²) in [5, 5.41) is 11.0. The summed E-state index contributed by atoms with van der Waals surface area (Å²) in [4.78, 5) is 4.31. The number of aromatic nitrogens is 2. The topological polar surface area (TPSA) is 63.5 Å². The predicted octanol–water partition coefficient (Wildman–Crippen LogP) is 3.72. The van der Waals surface area contributed by atoms with Gasteiger partial charge in [0, 0.05) is 32.5 Å². The third-order valence-corrected chi connectivity index (χ3v) is 4.54. The highest BCUT2D eigenvalue weighted by Crippen LogP contribution is 2.19. The normalized spacial score (nSPS) is 10.9. The minimum atomic E-state index is 0. The fourth-order valence-corrected chi connectivity index (χ4v) is 2.98. The molecule has 2 N–H and O–H groups in total. The first-order chi connectivity index (χ1) is 13.7. The van der Waals surface area contributed by atoms with Gasteiger partial charge >= 0.3 is 0 Å². The van der Waals surface area contributed by atoms with Crippen LogP contribution in [0.4, 0.5) is 0 Å². The van der Waals surface area contributed by atoms with Gasteiger partial charge in [0.15, 0.2) is 5.96 Å². The Kier molecular flexibility index (Phi) is 8.98. The fraction of sp³-hybridized carbons (Fsp3) is 0.273. The molecule has 0 aliphatic carbocycles. The van der Waals surface area contributed by atoms with Gasteiger partial charge in [-0.25, -0.2) is 4.68 Å². The molecule has 0 aliphatic rings. The Morgan fingerprint density at radius 1 is 1.10 bits per heavy atom. The Hall–Kier alpha value is -2.55. The van der Waals surface area contributed by atoms with Gasteiger partial charge in [0.05, 0.1) is 12.8 Å². The van der Waals surface area contributed by atoms with Crippen molar-refractivity contribution in [1.82, 2.24) is 20.4 Å². The van der Waals surface area contributed by atoms with Crippen molar-refractivity contribution in [2.24, 2.45) is 4.99 Å². The zero-order valence-electron chi connectivity index (χ0n) is 17.1. The minimum absolute atomic E-state index is 0. The maximum Gasteiger partial charge on any atom is 0.191 e. The molecule has 6 nitrogen and oxygen atoms in total. The molecule has 0 spiro atoms. The van der Waals surface area contributed by atoms with Gasteiger partial charge in [0.2, 0.25) is 0 Å². The van der Waals surface area contributed by atoms with E-state index in [1.54, 1.807) is 20.4 Å².